The monoisotopic (exact) mass is 236 g/mol. The average molecular weight is 236 g/mol. The number of amides is 2. The number of hydrogen-bond acceptors (Lipinski definition) is 3. The molecule has 0 heterocycles. The van der Waals surface area contributed by atoms with Crippen LogP contribution in [0.4, 0.5) is 5.69 Å². The van der Waals surface area contributed by atoms with Gasteiger partial charge in [-0.2, -0.15) is 0 Å². The van der Waals surface area contributed by atoms with Gasteiger partial charge in [-0.25, -0.2) is 0 Å². The topological polar surface area (TPSA) is 78.4 Å². The zero-order valence-corrected chi connectivity index (χ0v) is 9.86. The summed E-state index contributed by atoms with van der Waals surface area (Å²) in [4.78, 5) is 22.7. The van der Waals surface area contributed by atoms with Crippen LogP contribution in [0.5, 0.6) is 0 Å². The van der Waals surface area contributed by atoms with Crippen molar-refractivity contribution in [3.8, 4) is 0 Å². The van der Waals surface area contributed by atoms with Gasteiger partial charge in [-0.05, 0) is 26.0 Å². The average Bonchev–Trinajstić information content (AvgIpc) is 2.28. The van der Waals surface area contributed by atoms with Gasteiger partial charge >= 0.3 is 11.8 Å². The molecule has 1 atom stereocenters. The number of rotatable bonds is 3. The standard InChI is InChI=1S/C12H16N2O3/c1-8-3-5-10(6-4-8)14-12(17)11(16)13-7-9(2)15/h3-6,9,15H,7H2,1-2H3,(H,13,16)(H,14,17)/t9-/m1/s1. The lowest BCUT2D eigenvalue weighted by Crippen LogP contribution is -2.38. The molecule has 0 bridgehead atoms. The highest BCUT2D eigenvalue weighted by Crippen LogP contribution is 2.07. The molecule has 0 unspecified atom stereocenters. The van der Waals surface area contributed by atoms with Crippen LogP contribution in [0.1, 0.15) is 12.5 Å². The van der Waals surface area contributed by atoms with E-state index in [4.69, 9.17) is 5.11 Å². The van der Waals surface area contributed by atoms with E-state index in [1.54, 1.807) is 12.1 Å². The molecule has 5 nitrogen and oxygen atoms in total. The molecule has 0 aliphatic rings. The predicted octanol–water partition coefficient (Wildman–Crippen LogP) is 0.431. The molecule has 0 radical (unpaired) electrons. The predicted molar refractivity (Wildman–Crippen MR) is 64.5 cm³/mol. The number of nitrogens with one attached hydrogen (secondary N) is 2. The number of carbonyl (C=O) groups excluding carboxylic acids is 2. The van der Waals surface area contributed by atoms with Gasteiger partial charge in [0.1, 0.15) is 0 Å². The van der Waals surface area contributed by atoms with E-state index < -0.39 is 17.9 Å². The van der Waals surface area contributed by atoms with E-state index in [2.05, 4.69) is 10.6 Å². The third-order valence-corrected chi connectivity index (χ3v) is 2.07. The second-order valence-electron chi connectivity index (χ2n) is 3.88. The Morgan fingerprint density at radius 2 is 1.82 bits per heavy atom. The quantitative estimate of drug-likeness (QED) is 0.666. The van der Waals surface area contributed by atoms with E-state index in [-0.39, 0.29) is 6.54 Å². The zero-order chi connectivity index (χ0) is 12.8. The van der Waals surface area contributed by atoms with Crippen molar-refractivity contribution in [3.63, 3.8) is 0 Å². The minimum absolute atomic E-state index is 0.0557. The van der Waals surface area contributed by atoms with E-state index in [1.807, 2.05) is 19.1 Å². The maximum atomic E-state index is 11.4. The minimum atomic E-state index is -0.758. The smallest absolute Gasteiger partial charge is 0.313 e. The molecule has 1 rings (SSSR count). The van der Waals surface area contributed by atoms with E-state index in [1.165, 1.54) is 6.92 Å². The van der Waals surface area contributed by atoms with Crippen molar-refractivity contribution in [2.75, 3.05) is 11.9 Å². The summed E-state index contributed by atoms with van der Waals surface area (Å²) in [5.41, 5.74) is 1.63. The number of aliphatic hydroxyl groups is 1. The molecule has 0 spiro atoms. The Morgan fingerprint density at radius 1 is 1.24 bits per heavy atom. The zero-order valence-electron chi connectivity index (χ0n) is 9.86. The Labute approximate surface area is 99.8 Å². The highest BCUT2D eigenvalue weighted by Gasteiger charge is 2.13. The Balaban J connectivity index is 2.48. The van der Waals surface area contributed by atoms with Gasteiger partial charge in [-0.1, -0.05) is 17.7 Å². The van der Waals surface area contributed by atoms with Crippen LogP contribution in [-0.2, 0) is 9.59 Å². The number of aliphatic hydroxyl groups excluding tert-OH is 1. The molecule has 1 aromatic rings. The summed E-state index contributed by atoms with van der Waals surface area (Å²) in [5.74, 6) is -1.50. The van der Waals surface area contributed by atoms with Crippen LogP contribution in [0.25, 0.3) is 0 Å². The number of hydrogen-bond donors (Lipinski definition) is 3. The molecule has 0 saturated heterocycles. The molecule has 0 aromatic heterocycles. The Hall–Kier alpha value is -1.88. The summed E-state index contributed by atoms with van der Waals surface area (Å²) < 4.78 is 0. The fourth-order valence-corrected chi connectivity index (χ4v) is 1.15. The Bertz CT molecular complexity index is 399. The third-order valence-electron chi connectivity index (χ3n) is 2.07. The Kier molecular flexibility index (Phi) is 4.66. The minimum Gasteiger partial charge on any atom is -0.392 e. The molecule has 5 heteroatoms. The highest BCUT2D eigenvalue weighted by molar-refractivity contribution is 6.39. The van der Waals surface area contributed by atoms with Gasteiger partial charge in [0, 0.05) is 12.2 Å². The van der Waals surface area contributed by atoms with Crippen molar-refractivity contribution < 1.29 is 14.7 Å². The van der Waals surface area contributed by atoms with Gasteiger partial charge in [0.25, 0.3) is 0 Å². The first-order chi connectivity index (χ1) is 7.99. The van der Waals surface area contributed by atoms with E-state index in [9.17, 15) is 9.59 Å². The van der Waals surface area contributed by atoms with Crippen LogP contribution in [-0.4, -0.2) is 29.6 Å². The summed E-state index contributed by atoms with van der Waals surface area (Å²) in [6.07, 6.45) is -0.675. The third kappa shape index (κ3) is 4.65. The lowest BCUT2D eigenvalue weighted by atomic mass is 10.2. The molecule has 2 amide bonds. The Morgan fingerprint density at radius 3 is 2.35 bits per heavy atom. The van der Waals surface area contributed by atoms with Crippen LogP contribution in [0.2, 0.25) is 0 Å². The molecule has 92 valence electrons. The maximum absolute atomic E-state index is 11.4. The molecular formula is C12H16N2O3. The molecule has 0 fully saturated rings. The summed E-state index contributed by atoms with van der Waals surface area (Å²) in [5, 5.41) is 13.7. The molecule has 17 heavy (non-hydrogen) atoms. The highest BCUT2D eigenvalue weighted by atomic mass is 16.3. The first kappa shape index (κ1) is 13.2. The van der Waals surface area contributed by atoms with Gasteiger partial charge in [0.2, 0.25) is 0 Å². The normalized spacial score (nSPS) is 11.7. The lowest BCUT2D eigenvalue weighted by molar-refractivity contribution is -0.136. The number of carbonyl (C=O) groups is 2. The summed E-state index contributed by atoms with van der Waals surface area (Å²) >= 11 is 0. The molecule has 0 aliphatic carbocycles. The van der Waals surface area contributed by atoms with Gasteiger partial charge in [-0.15, -0.1) is 0 Å². The summed E-state index contributed by atoms with van der Waals surface area (Å²) in [7, 11) is 0. The van der Waals surface area contributed by atoms with Crippen LogP contribution < -0.4 is 10.6 Å². The SMILES string of the molecule is Cc1ccc(NC(=O)C(=O)NC[C@@H](C)O)cc1. The molecule has 0 saturated carbocycles. The fraction of sp³-hybridized carbons (Fsp3) is 0.333. The van der Waals surface area contributed by atoms with Crippen LogP contribution in [0.15, 0.2) is 24.3 Å². The molecule has 0 aliphatic heterocycles. The maximum Gasteiger partial charge on any atom is 0.313 e. The summed E-state index contributed by atoms with van der Waals surface area (Å²) in [6.45, 7) is 3.51. The van der Waals surface area contributed by atoms with E-state index in [0.29, 0.717) is 5.69 Å². The first-order valence-electron chi connectivity index (χ1n) is 5.33. The van der Waals surface area contributed by atoms with Crippen LogP contribution in [0, 0.1) is 6.92 Å². The second kappa shape index (κ2) is 6.00. The van der Waals surface area contributed by atoms with E-state index in [0.717, 1.165) is 5.56 Å². The van der Waals surface area contributed by atoms with Crippen molar-refractivity contribution in [2.45, 2.75) is 20.0 Å². The van der Waals surface area contributed by atoms with Gasteiger partial charge in [0.15, 0.2) is 0 Å². The largest absolute Gasteiger partial charge is 0.392 e. The fourth-order valence-electron chi connectivity index (χ4n) is 1.15. The number of aryl methyl sites for hydroxylation is 1. The number of benzene rings is 1. The van der Waals surface area contributed by atoms with Gasteiger partial charge in [0.05, 0.1) is 6.10 Å². The van der Waals surface area contributed by atoms with Crippen LogP contribution in [0.3, 0.4) is 0 Å². The van der Waals surface area contributed by atoms with Gasteiger partial charge < -0.3 is 15.7 Å². The van der Waals surface area contributed by atoms with Crippen molar-refractivity contribution in [1.29, 1.82) is 0 Å². The number of anilines is 1. The van der Waals surface area contributed by atoms with Gasteiger partial charge in [-0.3, -0.25) is 9.59 Å². The van der Waals surface area contributed by atoms with Crippen molar-refractivity contribution in [2.24, 2.45) is 0 Å². The molecular weight excluding hydrogens is 220 g/mol. The summed E-state index contributed by atoms with van der Waals surface area (Å²) in [6, 6.07) is 7.11. The van der Waals surface area contributed by atoms with Crippen molar-refractivity contribution in [1.82, 2.24) is 5.32 Å². The first-order valence-corrected chi connectivity index (χ1v) is 5.33. The molecule has 1 aromatic carbocycles. The second-order valence-corrected chi connectivity index (χ2v) is 3.88. The van der Waals surface area contributed by atoms with Crippen LogP contribution >= 0.6 is 0 Å². The van der Waals surface area contributed by atoms with E-state index >= 15 is 0 Å². The van der Waals surface area contributed by atoms with Crippen molar-refractivity contribution in [3.05, 3.63) is 29.8 Å². The lowest BCUT2D eigenvalue weighted by Gasteiger charge is -2.07. The molecule has 3 N–H and O–H groups in total. The van der Waals surface area contributed by atoms with Crippen molar-refractivity contribution >= 4 is 17.5 Å².